The molecule has 0 aliphatic rings. The number of nitrogens with two attached hydrogens (primary N) is 1. The number of fused-ring (bicyclic) bond motifs is 1. The first-order valence-corrected chi connectivity index (χ1v) is 8.27. The minimum atomic E-state index is -0.434. The van der Waals surface area contributed by atoms with Crippen LogP contribution in [0.2, 0.25) is 5.02 Å². The van der Waals surface area contributed by atoms with Crippen LogP contribution < -0.4 is 5.73 Å². The molecule has 23 heavy (non-hydrogen) atoms. The Bertz CT molecular complexity index is 948. The minimum Gasteiger partial charge on any atom is -0.467 e. The first kappa shape index (κ1) is 14.4. The summed E-state index contributed by atoms with van der Waals surface area (Å²) in [6.45, 7) is 0. The zero-order chi connectivity index (χ0) is 15.8. The van der Waals surface area contributed by atoms with Crippen molar-refractivity contribution in [1.29, 1.82) is 0 Å². The molecule has 1 unspecified atom stereocenters. The lowest BCUT2D eigenvalue weighted by molar-refractivity contribution is 0.487. The maximum atomic E-state index is 6.36. The lowest BCUT2D eigenvalue weighted by Gasteiger charge is -2.11. The highest BCUT2D eigenvalue weighted by molar-refractivity contribution is 7.17. The van der Waals surface area contributed by atoms with E-state index in [4.69, 9.17) is 21.8 Å². The summed E-state index contributed by atoms with van der Waals surface area (Å²) < 4.78 is 5.44. The Balaban J connectivity index is 1.92. The van der Waals surface area contributed by atoms with Crippen LogP contribution in [0.4, 0.5) is 0 Å². The van der Waals surface area contributed by atoms with Gasteiger partial charge in [-0.3, -0.25) is 0 Å². The number of rotatable bonds is 3. The highest BCUT2D eigenvalue weighted by Crippen LogP contribution is 2.37. The van der Waals surface area contributed by atoms with E-state index in [0.29, 0.717) is 10.8 Å². The fraction of sp³-hybridized carbons (Fsp3) is 0.0588. The molecular formula is C17H12ClN3OS. The summed E-state index contributed by atoms with van der Waals surface area (Å²) in [6.07, 6.45) is 3.16. The van der Waals surface area contributed by atoms with E-state index in [2.05, 4.69) is 15.3 Å². The molecule has 1 atom stereocenters. The van der Waals surface area contributed by atoms with Crippen molar-refractivity contribution >= 4 is 33.2 Å². The summed E-state index contributed by atoms with van der Waals surface area (Å²) >= 11 is 7.56. The SMILES string of the molecule is NC(c1ccco1)c1ncnc2scc(-c3ccc(Cl)cc3)c12. The summed E-state index contributed by atoms with van der Waals surface area (Å²) in [4.78, 5) is 9.69. The molecule has 0 bridgehead atoms. The number of hydrogen-bond acceptors (Lipinski definition) is 5. The summed E-state index contributed by atoms with van der Waals surface area (Å²) in [5.74, 6) is 0.679. The van der Waals surface area contributed by atoms with Gasteiger partial charge >= 0.3 is 0 Å². The molecule has 3 heterocycles. The monoisotopic (exact) mass is 341 g/mol. The number of thiophene rings is 1. The summed E-state index contributed by atoms with van der Waals surface area (Å²) in [6, 6.07) is 11.0. The van der Waals surface area contributed by atoms with Gasteiger partial charge in [0.25, 0.3) is 0 Å². The van der Waals surface area contributed by atoms with Crippen LogP contribution in [0.15, 0.2) is 58.8 Å². The normalized spacial score (nSPS) is 12.6. The number of aromatic nitrogens is 2. The molecule has 0 fully saturated rings. The van der Waals surface area contributed by atoms with Gasteiger partial charge in [0.2, 0.25) is 0 Å². The van der Waals surface area contributed by atoms with E-state index < -0.39 is 6.04 Å². The molecule has 0 saturated carbocycles. The topological polar surface area (TPSA) is 64.9 Å². The second-order valence-electron chi connectivity index (χ2n) is 5.09. The third kappa shape index (κ3) is 2.53. The Morgan fingerprint density at radius 1 is 1.13 bits per heavy atom. The van der Waals surface area contributed by atoms with E-state index in [1.165, 1.54) is 0 Å². The Labute approximate surface area is 141 Å². The van der Waals surface area contributed by atoms with Crippen LogP contribution in [0.1, 0.15) is 17.5 Å². The predicted octanol–water partition coefficient (Wildman–Crippen LogP) is 4.65. The zero-order valence-electron chi connectivity index (χ0n) is 11.9. The van der Waals surface area contributed by atoms with Crippen LogP contribution in [0.5, 0.6) is 0 Å². The van der Waals surface area contributed by atoms with Gasteiger partial charge in [-0.15, -0.1) is 11.3 Å². The molecular weight excluding hydrogens is 330 g/mol. The number of benzene rings is 1. The fourth-order valence-electron chi connectivity index (χ4n) is 2.58. The van der Waals surface area contributed by atoms with Crippen molar-refractivity contribution in [2.24, 2.45) is 5.73 Å². The Kier molecular flexibility index (Phi) is 3.61. The third-order valence-corrected chi connectivity index (χ3v) is 4.84. The predicted molar refractivity (Wildman–Crippen MR) is 92.6 cm³/mol. The molecule has 6 heteroatoms. The van der Waals surface area contributed by atoms with E-state index in [-0.39, 0.29) is 0 Å². The molecule has 3 aromatic heterocycles. The zero-order valence-corrected chi connectivity index (χ0v) is 13.5. The largest absolute Gasteiger partial charge is 0.467 e. The summed E-state index contributed by atoms with van der Waals surface area (Å²) in [5, 5.41) is 3.74. The van der Waals surface area contributed by atoms with Crippen molar-refractivity contribution in [1.82, 2.24) is 9.97 Å². The van der Waals surface area contributed by atoms with Crippen molar-refractivity contribution in [2.45, 2.75) is 6.04 Å². The van der Waals surface area contributed by atoms with Gasteiger partial charge in [-0.05, 0) is 29.8 Å². The molecule has 114 valence electrons. The van der Waals surface area contributed by atoms with Gasteiger partial charge in [0.1, 0.15) is 23.0 Å². The van der Waals surface area contributed by atoms with E-state index >= 15 is 0 Å². The Morgan fingerprint density at radius 3 is 2.70 bits per heavy atom. The van der Waals surface area contributed by atoms with E-state index in [1.54, 1.807) is 23.9 Å². The van der Waals surface area contributed by atoms with Crippen molar-refractivity contribution < 1.29 is 4.42 Å². The highest BCUT2D eigenvalue weighted by atomic mass is 35.5. The van der Waals surface area contributed by atoms with Crippen LogP contribution in [0.25, 0.3) is 21.3 Å². The molecule has 4 aromatic rings. The van der Waals surface area contributed by atoms with Gasteiger partial charge < -0.3 is 10.2 Å². The van der Waals surface area contributed by atoms with E-state index in [0.717, 1.165) is 27.0 Å². The lowest BCUT2D eigenvalue weighted by atomic mass is 10.0. The first-order valence-electron chi connectivity index (χ1n) is 7.01. The van der Waals surface area contributed by atoms with Crippen LogP contribution in [-0.4, -0.2) is 9.97 Å². The molecule has 1 aromatic carbocycles. The second-order valence-corrected chi connectivity index (χ2v) is 6.38. The molecule has 4 rings (SSSR count). The van der Waals surface area contributed by atoms with Crippen LogP contribution in [0, 0.1) is 0 Å². The lowest BCUT2D eigenvalue weighted by Crippen LogP contribution is -2.13. The molecule has 0 amide bonds. The minimum absolute atomic E-state index is 0.434. The smallest absolute Gasteiger partial charge is 0.127 e. The maximum absolute atomic E-state index is 6.36. The van der Waals surface area contributed by atoms with Gasteiger partial charge in [-0.1, -0.05) is 23.7 Å². The molecule has 0 radical (unpaired) electrons. The van der Waals surface area contributed by atoms with Crippen LogP contribution >= 0.6 is 22.9 Å². The Hall–Kier alpha value is -2.21. The van der Waals surface area contributed by atoms with Crippen molar-refractivity contribution in [3.05, 3.63) is 70.8 Å². The van der Waals surface area contributed by atoms with Gasteiger partial charge in [-0.25, -0.2) is 9.97 Å². The van der Waals surface area contributed by atoms with E-state index in [1.807, 2.05) is 36.4 Å². The molecule has 0 aliphatic heterocycles. The quantitative estimate of drug-likeness (QED) is 0.589. The number of furan rings is 1. The number of nitrogens with zero attached hydrogens (tertiary/aromatic N) is 2. The van der Waals surface area contributed by atoms with Gasteiger partial charge in [-0.2, -0.15) is 0 Å². The average Bonchev–Trinajstić information content (AvgIpc) is 3.24. The number of halogens is 1. The van der Waals surface area contributed by atoms with E-state index in [9.17, 15) is 0 Å². The molecule has 2 N–H and O–H groups in total. The third-order valence-electron chi connectivity index (χ3n) is 3.70. The van der Waals surface area contributed by atoms with Crippen molar-refractivity contribution in [2.75, 3.05) is 0 Å². The van der Waals surface area contributed by atoms with Gasteiger partial charge in [0.05, 0.1) is 12.0 Å². The van der Waals surface area contributed by atoms with Gasteiger partial charge in [0, 0.05) is 21.4 Å². The summed E-state index contributed by atoms with van der Waals surface area (Å²) in [7, 11) is 0. The average molecular weight is 342 g/mol. The Morgan fingerprint density at radius 2 is 1.96 bits per heavy atom. The van der Waals surface area contributed by atoms with Crippen molar-refractivity contribution in [3.8, 4) is 11.1 Å². The summed E-state index contributed by atoms with van der Waals surface area (Å²) in [5.41, 5.74) is 9.23. The first-order chi connectivity index (χ1) is 11.2. The molecule has 0 aliphatic carbocycles. The molecule has 0 spiro atoms. The molecule has 0 saturated heterocycles. The van der Waals surface area contributed by atoms with Crippen molar-refractivity contribution in [3.63, 3.8) is 0 Å². The van der Waals surface area contributed by atoms with Crippen LogP contribution in [-0.2, 0) is 0 Å². The van der Waals surface area contributed by atoms with Gasteiger partial charge in [0.15, 0.2) is 0 Å². The van der Waals surface area contributed by atoms with Crippen LogP contribution in [0.3, 0.4) is 0 Å². The molecule has 4 nitrogen and oxygen atoms in total. The fourth-order valence-corrected chi connectivity index (χ4v) is 3.63. The number of hydrogen-bond donors (Lipinski definition) is 1. The highest BCUT2D eigenvalue weighted by Gasteiger charge is 2.20. The standard InChI is InChI=1S/C17H12ClN3OS/c18-11-5-3-10(4-6-11)12-8-23-17-14(12)16(20-9-21-17)15(19)13-2-1-7-22-13/h1-9,15H,19H2. The maximum Gasteiger partial charge on any atom is 0.127 e. The second kappa shape index (κ2) is 5.77.